The van der Waals surface area contributed by atoms with Gasteiger partial charge >= 0.3 is 0 Å². The summed E-state index contributed by atoms with van der Waals surface area (Å²) in [6.07, 6.45) is 4.18. The average Bonchev–Trinajstić information content (AvgIpc) is 2.78. The van der Waals surface area contributed by atoms with E-state index in [4.69, 9.17) is 10.5 Å². The fourth-order valence-electron chi connectivity index (χ4n) is 2.97. The van der Waals surface area contributed by atoms with Crippen LogP contribution < -0.4 is 5.73 Å². The van der Waals surface area contributed by atoms with Crippen LogP contribution in [0.15, 0.2) is 28.7 Å². The van der Waals surface area contributed by atoms with E-state index >= 15 is 0 Å². The molecule has 5 heteroatoms. The van der Waals surface area contributed by atoms with Gasteiger partial charge in [-0.2, -0.15) is 0 Å². The third-order valence-electron chi connectivity index (χ3n) is 4.41. The quantitative estimate of drug-likeness (QED) is 0.848. The lowest BCUT2D eigenvalue weighted by Crippen LogP contribution is -2.51. The Bertz CT molecular complexity index is 516. The summed E-state index contributed by atoms with van der Waals surface area (Å²) in [5, 5.41) is 0. The molecule has 1 fully saturated rings. The smallest absolute Gasteiger partial charge is 0.246 e. The maximum atomic E-state index is 12.9. The minimum atomic E-state index is -0.995. The molecule has 0 spiro atoms. The van der Waals surface area contributed by atoms with Gasteiger partial charge in [-0.25, -0.2) is 0 Å². The summed E-state index contributed by atoms with van der Waals surface area (Å²) in [6, 6.07) is 7.66. The van der Waals surface area contributed by atoms with Gasteiger partial charge in [0.05, 0.1) is 6.10 Å². The molecule has 128 valence electrons. The van der Waals surface area contributed by atoms with Gasteiger partial charge in [-0.1, -0.05) is 35.0 Å². The van der Waals surface area contributed by atoms with Crippen molar-refractivity contribution in [2.45, 2.75) is 51.2 Å². The van der Waals surface area contributed by atoms with E-state index in [0.29, 0.717) is 0 Å². The third kappa shape index (κ3) is 4.78. The molecule has 23 heavy (non-hydrogen) atoms. The second kappa shape index (κ2) is 8.27. The number of nitrogens with zero attached hydrogens (tertiary/aromatic N) is 1. The molecule has 1 aliphatic rings. The Balaban J connectivity index is 2.02. The first kappa shape index (κ1) is 18.4. The van der Waals surface area contributed by atoms with E-state index in [1.807, 2.05) is 29.2 Å². The van der Waals surface area contributed by atoms with Gasteiger partial charge < -0.3 is 15.4 Å². The summed E-state index contributed by atoms with van der Waals surface area (Å²) in [5.41, 5.74) is 6.24. The number of hydrogen-bond acceptors (Lipinski definition) is 3. The molecule has 1 aromatic rings. The predicted octanol–water partition coefficient (Wildman–Crippen LogP) is 3.43. The van der Waals surface area contributed by atoms with Gasteiger partial charge in [0.2, 0.25) is 5.91 Å². The van der Waals surface area contributed by atoms with Crippen molar-refractivity contribution in [1.82, 2.24) is 4.90 Å². The minimum Gasteiger partial charge on any atom is -0.378 e. The van der Waals surface area contributed by atoms with Gasteiger partial charge in [-0.3, -0.25) is 4.79 Å². The Morgan fingerprint density at radius 2 is 2.04 bits per heavy atom. The van der Waals surface area contributed by atoms with Gasteiger partial charge in [-0.05, 0) is 50.3 Å². The highest BCUT2D eigenvalue weighted by Crippen LogP contribution is 2.24. The molecule has 2 N–H and O–H groups in total. The highest BCUT2D eigenvalue weighted by atomic mass is 79.9. The topological polar surface area (TPSA) is 55.6 Å². The summed E-state index contributed by atoms with van der Waals surface area (Å²) in [5.74, 6) is -0.00374. The molecule has 2 rings (SSSR count). The number of halogens is 1. The number of carbonyl (C=O) groups is 1. The number of ether oxygens (including phenoxy) is 1. The van der Waals surface area contributed by atoms with E-state index in [0.717, 1.165) is 55.4 Å². The third-order valence-corrected chi connectivity index (χ3v) is 4.94. The molecule has 1 amide bonds. The fraction of sp³-hybridized carbons (Fsp3) is 0.611. The zero-order chi connectivity index (χ0) is 16.9. The van der Waals surface area contributed by atoms with Crippen LogP contribution in [0.1, 0.15) is 45.1 Å². The van der Waals surface area contributed by atoms with Crippen LogP contribution in [-0.4, -0.2) is 36.6 Å². The van der Waals surface area contributed by atoms with E-state index < -0.39 is 5.54 Å². The van der Waals surface area contributed by atoms with Crippen LogP contribution in [0, 0.1) is 0 Å². The molecule has 1 aromatic carbocycles. The van der Waals surface area contributed by atoms with Gasteiger partial charge in [0.25, 0.3) is 0 Å². The van der Waals surface area contributed by atoms with E-state index in [9.17, 15) is 4.79 Å². The van der Waals surface area contributed by atoms with Crippen molar-refractivity contribution in [3.05, 3.63) is 34.3 Å². The number of carbonyl (C=O) groups excluding carboxylic acids is 1. The van der Waals surface area contributed by atoms with E-state index in [1.165, 1.54) is 0 Å². The summed E-state index contributed by atoms with van der Waals surface area (Å²) < 4.78 is 6.83. The Morgan fingerprint density at radius 3 is 2.70 bits per heavy atom. The van der Waals surface area contributed by atoms with Crippen LogP contribution in [0.2, 0.25) is 0 Å². The van der Waals surface area contributed by atoms with Crippen LogP contribution in [0.5, 0.6) is 0 Å². The van der Waals surface area contributed by atoms with Crippen molar-refractivity contribution in [2.75, 3.05) is 19.7 Å². The average molecular weight is 383 g/mol. The lowest BCUT2D eigenvalue weighted by atomic mass is 9.91. The lowest BCUT2D eigenvalue weighted by Gasteiger charge is -2.31. The lowest BCUT2D eigenvalue weighted by molar-refractivity contribution is -0.136. The molecule has 1 heterocycles. The van der Waals surface area contributed by atoms with Crippen molar-refractivity contribution in [3.63, 3.8) is 0 Å². The number of rotatable bonds is 5. The van der Waals surface area contributed by atoms with Crippen molar-refractivity contribution in [2.24, 2.45) is 5.73 Å². The van der Waals surface area contributed by atoms with Crippen LogP contribution in [0.25, 0.3) is 0 Å². The zero-order valence-corrected chi connectivity index (χ0v) is 15.6. The Hall–Kier alpha value is -0.910. The summed E-state index contributed by atoms with van der Waals surface area (Å²) >= 11 is 3.41. The van der Waals surface area contributed by atoms with Crippen molar-refractivity contribution < 1.29 is 9.53 Å². The molecule has 0 aromatic heterocycles. The van der Waals surface area contributed by atoms with Gasteiger partial charge in [-0.15, -0.1) is 0 Å². The number of amides is 1. The molecule has 0 radical (unpaired) electrons. The number of hydrogen-bond donors (Lipinski definition) is 1. The fourth-order valence-corrected chi connectivity index (χ4v) is 3.23. The summed E-state index contributed by atoms with van der Waals surface area (Å²) in [4.78, 5) is 14.8. The molecule has 2 unspecified atom stereocenters. The maximum absolute atomic E-state index is 12.9. The Labute approximate surface area is 147 Å². The second-order valence-electron chi connectivity index (χ2n) is 6.43. The van der Waals surface area contributed by atoms with Crippen LogP contribution in [-0.2, 0) is 15.1 Å². The van der Waals surface area contributed by atoms with Crippen molar-refractivity contribution in [3.8, 4) is 0 Å². The van der Waals surface area contributed by atoms with E-state index in [-0.39, 0.29) is 12.0 Å². The molecule has 0 bridgehead atoms. The monoisotopic (exact) mass is 382 g/mol. The first-order valence-electron chi connectivity index (χ1n) is 8.41. The standard InChI is InChI=1S/C18H27BrN2O2/c1-3-13-23-16-5-4-11-21(12-10-16)17(22)18(2,20)14-6-8-15(19)9-7-14/h6-9,16H,3-5,10-13,20H2,1-2H3. The molecule has 1 saturated heterocycles. The zero-order valence-electron chi connectivity index (χ0n) is 14.1. The second-order valence-corrected chi connectivity index (χ2v) is 7.34. The molecular weight excluding hydrogens is 356 g/mol. The normalized spacial score (nSPS) is 21.6. The van der Waals surface area contributed by atoms with Gasteiger partial charge in [0, 0.05) is 24.2 Å². The highest BCUT2D eigenvalue weighted by molar-refractivity contribution is 9.10. The number of nitrogens with two attached hydrogens (primary N) is 1. The first-order chi connectivity index (χ1) is 10.9. The molecular formula is C18H27BrN2O2. The van der Waals surface area contributed by atoms with E-state index in [1.54, 1.807) is 6.92 Å². The molecule has 4 nitrogen and oxygen atoms in total. The van der Waals surface area contributed by atoms with Crippen LogP contribution >= 0.6 is 15.9 Å². The van der Waals surface area contributed by atoms with Crippen LogP contribution in [0.4, 0.5) is 0 Å². The summed E-state index contributed by atoms with van der Waals surface area (Å²) in [6.45, 7) is 6.19. The predicted molar refractivity (Wildman–Crippen MR) is 96.1 cm³/mol. The van der Waals surface area contributed by atoms with Crippen molar-refractivity contribution in [1.29, 1.82) is 0 Å². The Kier molecular flexibility index (Phi) is 6.62. The first-order valence-corrected chi connectivity index (χ1v) is 9.20. The largest absolute Gasteiger partial charge is 0.378 e. The Morgan fingerprint density at radius 1 is 1.35 bits per heavy atom. The number of benzene rings is 1. The minimum absolute atomic E-state index is 0.00374. The van der Waals surface area contributed by atoms with Crippen molar-refractivity contribution >= 4 is 21.8 Å². The van der Waals surface area contributed by atoms with E-state index in [2.05, 4.69) is 22.9 Å². The SMILES string of the molecule is CCCOC1CCCN(C(=O)C(C)(N)c2ccc(Br)cc2)CC1. The molecule has 2 atom stereocenters. The van der Waals surface area contributed by atoms with Gasteiger partial charge in [0.15, 0.2) is 0 Å². The maximum Gasteiger partial charge on any atom is 0.246 e. The summed E-state index contributed by atoms with van der Waals surface area (Å²) in [7, 11) is 0. The highest BCUT2D eigenvalue weighted by Gasteiger charge is 2.35. The van der Waals surface area contributed by atoms with Crippen LogP contribution in [0.3, 0.4) is 0 Å². The number of likely N-dealkylation sites (tertiary alicyclic amines) is 1. The van der Waals surface area contributed by atoms with Gasteiger partial charge in [0.1, 0.15) is 5.54 Å². The molecule has 1 aliphatic heterocycles. The molecule has 0 saturated carbocycles. The molecule has 0 aliphatic carbocycles.